The lowest BCUT2D eigenvalue weighted by atomic mass is 10.1. The number of unbranched alkanes of at least 4 members (excludes halogenated alkanes) is 1. The highest BCUT2D eigenvalue weighted by molar-refractivity contribution is 7.92. The van der Waals surface area contributed by atoms with E-state index < -0.39 is 16.1 Å². The molecule has 0 spiro atoms. The summed E-state index contributed by atoms with van der Waals surface area (Å²) in [5.74, 6) is -0.309. The average molecular weight is 516 g/mol. The van der Waals surface area contributed by atoms with Crippen LogP contribution in [0.3, 0.4) is 0 Å². The fourth-order valence-electron chi connectivity index (χ4n) is 4.22. The summed E-state index contributed by atoms with van der Waals surface area (Å²) in [5.41, 5.74) is 3.59. The number of carbonyl (C=O) groups is 2. The van der Waals surface area contributed by atoms with Gasteiger partial charge in [0.15, 0.2) is 0 Å². The van der Waals surface area contributed by atoms with Gasteiger partial charge in [-0.2, -0.15) is 0 Å². The molecule has 0 saturated carbocycles. The molecule has 2 aromatic carbocycles. The molecule has 0 unspecified atom stereocenters. The Morgan fingerprint density at radius 2 is 1.64 bits per heavy atom. The second-order valence-corrected chi connectivity index (χ2v) is 11.3. The van der Waals surface area contributed by atoms with Crippen LogP contribution in [-0.2, 0) is 26.2 Å². The Labute approximate surface area is 216 Å². The zero-order valence-electron chi connectivity index (χ0n) is 22.3. The summed E-state index contributed by atoms with van der Waals surface area (Å²) in [7, 11) is -3.51. The lowest BCUT2D eigenvalue weighted by Crippen LogP contribution is -2.49. The van der Waals surface area contributed by atoms with Crippen molar-refractivity contribution in [3.63, 3.8) is 0 Å². The quantitative estimate of drug-likeness (QED) is 0.373. The summed E-state index contributed by atoms with van der Waals surface area (Å²) in [6.45, 7) is 8.97. The van der Waals surface area contributed by atoms with Crippen LogP contribution in [0.1, 0.15) is 62.6 Å². The van der Waals surface area contributed by atoms with Gasteiger partial charge in [-0.1, -0.05) is 62.2 Å². The highest BCUT2D eigenvalue weighted by atomic mass is 32.2. The fourth-order valence-corrected chi connectivity index (χ4v) is 5.18. The lowest BCUT2D eigenvalue weighted by molar-refractivity contribution is -0.141. The number of amides is 2. The molecule has 0 aliphatic carbocycles. The summed E-state index contributed by atoms with van der Waals surface area (Å²) in [6.07, 6.45) is 4.01. The van der Waals surface area contributed by atoms with Crippen molar-refractivity contribution in [3.05, 3.63) is 65.2 Å². The lowest BCUT2D eigenvalue weighted by Gasteiger charge is -2.31. The highest BCUT2D eigenvalue weighted by Gasteiger charge is 2.28. The zero-order chi connectivity index (χ0) is 26.7. The summed E-state index contributed by atoms with van der Waals surface area (Å²) in [6, 6.07) is 14.6. The van der Waals surface area contributed by atoms with Crippen molar-refractivity contribution < 1.29 is 18.0 Å². The zero-order valence-corrected chi connectivity index (χ0v) is 23.1. The second-order valence-electron chi connectivity index (χ2n) is 9.36. The van der Waals surface area contributed by atoms with E-state index in [1.165, 1.54) is 10.6 Å². The Morgan fingerprint density at radius 3 is 2.22 bits per heavy atom. The molecule has 7 nitrogen and oxygen atoms in total. The predicted molar refractivity (Wildman–Crippen MR) is 146 cm³/mol. The Morgan fingerprint density at radius 1 is 0.972 bits per heavy atom. The van der Waals surface area contributed by atoms with Gasteiger partial charge in [0.05, 0.1) is 11.9 Å². The minimum atomic E-state index is -3.51. The van der Waals surface area contributed by atoms with Crippen molar-refractivity contribution in [2.45, 2.75) is 72.4 Å². The van der Waals surface area contributed by atoms with Crippen molar-refractivity contribution in [2.24, 2.45) is 0 Å². The smallest absolute Gasteiger partial charge is 0.242 e. The maximum Gasteiger partial charge on any atom is 0.242 e. The number of rotatable bonds is 14. The molecule has 8 heteroatoms. The molecule has 0 bridgehead atoms. The minimum Gasteiger partial charge on any atom is -0.354 e. The van der Waals surface area contributed by atoms with Gasteiger partial charge in [0.1, 0.15) is 6.04 Å². The molecule has 36 heavy (non-hydrogen) atoms. The number of hydrogen-bond donors (Lipinski definition) is 1. The van der Waals surface area contributed by atoms with Crippen molar-refractivity contribution in [3.8, 4) is 0 Å². The van der Waals surface area contributed by atoms with Gasteiger partial charge in [0.25, 0.3) is 0 Å². The van der Waals surface area contributed by atoms with Crippen LogP contribution in [0.15, 0.2) is 48.5 Å². The predicted octanol–water partition coefficient (Wildman–Crippen LogP) is 4.57. The first-order chi connectivity index (χ1) is 17.1. The summed E-state index contributed by atoms with van der Waals surface area (Å²) in [5, 5.41) is 2.97. The molecule has 2 rings (SSSR count). The number of nitrogens with one attached hydrogen (secondary N) is 1. The van der Waals surface area contributed by atoms with E-state index in [0.717, 1.165) is 29.5 Å². The molecule has 2 aromatic rings. The summed E-state index contributed by atoms with van der Waals surface area (Å²) < 4.78 is 26.3. The monoisotopic (exact) mass is 515 g/mol. The third kappa shape index (κ3) is 8.97. The van der Waals surface area contributed by atoms with E-state index in [1.54, 1.807) is 11.0 Å². The maximum absolute atomic E-state index is 13.5. The van der Waals surface area contributed by atoms with Crippen LogP contribution in [0.4, 0.5) is 5.69 Å². The number of benzene rings is 2. The SMILES string of the molecule is CCCCNC(=O)[C@@H](CC)N(Cc1cccc(C)c1)C(=O)CCCN(c1cccc(C)c1)S(C)(=O)=O. The van der Waals surface area contributed by atoms with Gasteiger partial charge < -0.3 is 10.2 Å². The van der Waals surface area contributed by atoms with Gasteiger partial charge in [-0.3, -0.25) is 13.9 Å². The topological polar surface area (TPSA) is 86.8 Å². The molecule has 0 aromatic heterocycles. The van der Waals surface area contributed by atoms with Gasteiger partial charge >= 0.3 is 0 Å². The third-order valence-corrected chi connectivity index (χ3v) is 7.29. The second kappa shape index (κ2) is 14.0. The van der Waals surface area contributed by atoms with E-state index in [0.29, 0.717) is 31.6 Å². The average Bonchev–Trinajstić information content (AvgIpc) is 2.81. The molecule has 0 fully saturated rings. The van der Waals surface area contributed by atoms with E-state index >= 15 is 0 Å². The number of sulfonamides is 1. The molecule has 1 atom stereocenters. The van der Waals surface area contributed by atoms with Gasteiger partial charge in [-0.05, 0) is 56.4 Å². The van der Waals surface area contributed by atoms with Crippen molar-refractivity contribution in [2.75, 3.05) is 23.7 Å². The molecular formula is C28H41N3O4S. The first kappa shape index (κ1) is 29.4. The standard InChI is InChI=1S/C28H41N3O4S/c1-6-8-17-29-28(33)26(7-2)30(21-24-14-9-12-22(3)19-24)27(32)16-11-18-31(36(5,34)35)25-15-10-13-23(4)20-25/h9-10,12-15,19-20,26H,6-8,11,16-18,21H2,1-5H3,(H,29,33)/t26-/m1/s1. The molecule has 2 amide bonds. The number of aryl methyl sites for hydroxylation is 2. The summed E-state index contributed by atoms with van der Waals surface area (Å²) >= 11 is 0. The van der Waals surface area contributed by atoms with E-state index in [4.69, 9.17) is 0 Å². The molecule has 0 saturated heterocycles. The van der Waals surface area contributed by atoms with Crippen LogP contribution >= 0.6 is 0 Å². The number of nitrogens with zero attached hydrogens (tertiary/aromatic N) is 2. The number of carbonyl (C=O) groups excluding carboxylic acids is 2. The Balaban J connectivity index is 2.20. The maximum atomic E-state index is 13.5. The third-order valence-electron chi connectivity index (χ3n) is 6.09. The van der Waals surface area contributed by atoms with Crippen molar-refractivity contribution >= 4 is 27.5 Å². The van der Waals surface area contributed by atoms with Crippen LogP contribution in [0, 0.1) is 13.8 Å². The van der Waals surface area contributed by atoms with Crippen LogP contribution in [-0.4, -0.2) is 50.5 Å². The van der Waals surface area contributed by atoms with Gasteiger partial charge in [0.2, 0.25) is 21.8 Å². The van der Waals surface area contributed by atoms with Crippen LogP contribution in [0.2, 0.25) is 0 Å². The number of anilines is 1. The molecule has 0 aliphatic heterocycles. The van der Waals surface area contributed by atoms with E-state index in [9.17, 15) is 18.0 Å². The molecule has 0 aliphatic rings. The first-order valence-electron chi connectivity index (χ1n) is 12.7. The Hall–Kier alpha value is -2.87. The Kier molecular flexibility index (Phi) is 11.4. The van der Waals surface area contributed by atoms with Gasteiger partial charge in [-0.25, -0.2) is 8.42 Å². The van der Waals surface area contributed by atoms with Crippen molar-refractivity contribution in [1.82, 2.24) is 10.2 Å². The van der Waals surface area contributed by atoms with Crippen molar-refractivity contribution in [1.29, 1.82) is 0 Å². The molecule has 0 heterocycles. The van der Waals surface area contributed by atoms with Gasteiger partial charge in [-0.15, -0.1) is 0 Å². The molecule has 198 valence electrons. The van der Waals surface area contributed by atoms with E-state index in [-0.39, 0.29) is 24.8 Å². The fraction of sp³-hybridized carbons (Fsp3) is 0.500. The van der Waals surface area contributed by atoms with Gasteiger partial charge in [0, 0.05) is 26.1 Å². The largest absolute Gasteiger partial charge is 0.354 e. The minimum absolute atomic E-state index is 0.141. The highest BCUT2D eigenvalue weighted by Crippen LogP contribution is 2.21. The molecule has 1 N–H and O–H groups in total. The Bertz CT molecular complexity index is 1120. The van der Waals surface area contributed by atoms with E-state index in [2.05, 4.69) is 12.2 Å². The van der Waals surface area contributed by atoms with Crippen LogP contribution in [0.5, 0.6) is 0 Å². The molecular weight excluding hydrogens is 474 g/mol. The summed E-state index contributed by atoms with van der Waals surface area (Å²) in [4.78, 5) is 28.1. The number of hydrogen-bond acceptors (Lipinski definition) is 4. The molecule has 0 radical (unpaired) electrons. The van der Waals surface area contributed by atoms with Crippen LogP contribution in [0.25, 0.3) is 0 Å². The normalized spacial score (nSPS) is 12.1. The van der Waals surface area contributed by atoms with E-state index in [1.807, 2.05) is 63.2 Å². The first-order valence-corrected chi connectivity index (χ1v) is 14.6. The van der Waals surface area contributed by atoms with Crippen LogP contribution < -0.4 is 9.62 Å².